The first-order chi connectivity index (χ1) is 11.0. The number of para-hydroxylation sites is 2. The average molecular weight is 314 g/mol. The number of aryl methyl sites for hydroxylation is 1. The normalized spacial score (nSPS) is 12.3. The van der Waals surface area contributed by atoms with E-state index in [0.717, 1.165) is 17.2 Å². The van der Waals surface area contributed by atoms with E-state index in [1.807, 2.05) is 24.3 Å². The third-order valence-electron chi connectivity index (χ3n) is 3.50. The molecule has 0 aliphatic rings. The maximum Gasteiger partial charge on any atom is 0.320 e. The van der Waals surface area contributed by atoms with Gasteiger partial charge in [-0.15, -0.1) is 0 Å². The SMILES string of the molecule is C[C@H](NC(=O)c1c([N+](=O)[O-])cnn1C)c1nc2ccccc2[nH]1. The van der Waals surface area contributed by atoms with E-state index >= 15 is 0 Å². The molecule has 0 unspecified atom stereocenters. The molecule has 2 aromatic heterocycles. The predicted molar refractivity (Wildman–Crippen MR) is 81.8 cm³/mol. The number of aromatic nitrogens is 4. The zero-order valence-electron chi connectivity index (χ0n) is 12.5. The molecule has 0 saturated carbocycles. The molecule has 3 aromatic rings. The van der Waals surface area contributed by atoms with Gasteiger partial charge in [0.1, 0.15) is 12.0 Å². The summed E-state index contributed by atoms with van der Waals surface area (Å²) in [5.74, 6) is -0.00553. The third-order valence-corrected chi connectivity index (χ3v) is 3.50. The van der Waals surface area contributed by atoms with E-state index in [2.05, 4.69) is 20.4 Å². The number of imidazole rings is 1. The summed E-state index contributed by atoms with van der Waals surface area (Å²) >= 11 is 0. The summed E-state index contributed by atoms with van der Waals surface area (Å²) in [4.78, 5) is 30.2. The van der Waals surface area contributed by atoms with Gasteiger partial charge in [0.2, 0.25) is 5.69 Å². The Bertz CT molecular complexity index is 864. The van der Waals surface area contributed by atoms with Crippen LogP contribution < -0.4 is 5.32 Å². The molecule has 118 valence electrons. The second-order valence-electron chi connectivity index (χ2n) is 5.09. The Kier molecular flexibility index (Phi) is 3.53. The molecular formula is C14H14N6O3. The highest BCUT2D eigenvalue weighted by molar-refractivity contribution is 5.96. The number of hydrogen-bond acceptors (Lipinski definition) is 5. The van der Waals surface area contributed by atoms with E-state index in [9.17, 15) is 14.9 Å². The van der Waals surface area contributed by atoms with Crippen LogP contribution in [0.25, 0.3) is 11.0 Å². The first-order valence-electron chi connectivity index (χ1n) is 6.89. The van der Waals surface area contributed by atoms with E-state index in [1.54, 1.807) is 6.92 Å². The smallest absolute Gasteiger partial charge is 0.320 e. The van der Waals surface area contributed by atoms with Gasteiger partial charge in [0.15, 0.2) is 0 Å². The van der Waals surface area contributed by atoms with Crippen LogP contribution in [-0.4, -0.2) is 30.6 Å². The summed E-state index contributed by atoms with van der Waals surface area (Å²) in [6.07, 6.45) is 1.06. The number of hydrogen-bond donors (Lipinski definition) is 2. The van der Waals surface area contributed by atoms with E-state index in [1.165, 1.54) is 11.7 Å². The fraction of sp³-hybridized carbons (Fsp3) is 0.214. The number of carbonyl (C=O) groups is 1. The Labute approximate surface area is 130 Å². The number of fused-ring (bicyclic) bond motifs is 1. The topological polar surface area (TPSA) is 119 Å². The molecule has 2 N–H and O–H groups in total. The average Bonchev–Trinajstić information content (AvgIpc) is 3.10. The number of nitro groups is 1. The van der Waals surface area contributed by atoms with Crippen LogP contribution in [0.3, 0.4) is 0 Å². The van der Waals surface area contributed by atoms with Crippen molar-refractivity contribution < 1.29 is 9.72 Å². The van der Waals surface area contributed by atoms with Gasteiger partial charge < -0.3 is 10.3 Å². The summed E-state index contributed by atoms with van der Waals surface area (Å²) in [6.45, 7) is 1.75. The maximum atomic E-state index is 12.3. The highest BCUT2D eigenvalue weighted by Crippen LogP contribution is 2.19. The number of H-pyrrole nitrogens is 1. The van der Waals surface area contributed by atoms with Crippen molar-refractivity contribution in [2.24, 2.45) is 7.05 Å². The minimum absolute atomic E-state index is 0.0991. The number of rotatable bonds is 4. The van der Waals surface area contributed by atoms with Gasteiger partial charge in [0.25, 0.3) is 5.91 Å². The molecular weight excluding hydrogens is 300 g/mol. The molecule has 0 spiro atoms. The lowest BCUT2D eigenvalue weighted by Crippen LogP contribution is -2.29. The molecule has 2 heterocycles. The monoisotopic (exact) mass is 314 g/mol. The summed E-state index contributed by atoms with van der Waals surface area (Å²) in [5, 5.41) is 17.4. The number of nitrogens with one attached hydrogen (secondary N) is 2. The molecule has 1 aromatic carbocycles. The van der Waals surface area contributed by atoms with Gasteiger partial charge in [0, 0.05) is 7.05 Å². The predicted octanol–water partition coefficient (Wildman–Crippen LogP) is 1.70. The Morgan fingerprint density at radius 3 is 2.87 bits per heavy atom. The third kappa shape index (κ3) is 2.63. The minimum atomic E-state index is -0.631. The largest absolute Gasteiger partial charge is 0.341 e. The van der Waals surface area contributed by atoms with E-state index in [-0.39, 0.29) is 11.4 Å². The Balaban J connectivity index is 1.85. The Morgan fingerprint density at radius 1 is 1.43 bits per heavy atom. The molecule has 9 nitrogen and oxygen atoms in total. The van der Waals surface area contributed by atoms with Gasteiger partial charge in [-0.25, -0.2) is 4.98 Å². The molecule has 1 amide bonds. The molecule has 0 aliphatic carbocycles. The summed E-state index contributed by atoms with van der Waals surface area (Å²) < 4.78 is 1.18. The van der Waals surface area contributed by atoms with E-state index in [0.29, 0.717) is 5.82 Å². The van der Waals surface area contributed by atoms with Crippen LogP contribution in [0.1, 0.15) is 29.3 Å². The zero-order valence-corrected chi connectivity index (χ0v) is 12.5. The fourth-order valence-corrected chi connectivity index (χ4v) is 2.33. The van der Waals surface area contributed by atoms with Crippen LogP contribution >= 0.6 is 0 Å². The van der Waals surface area contributed by atoms with Crippen molar-refractivity contribution in [1.29, 1.82) is 0 Å². The van der Waals surface area contributed by atoms with Crippen molar-refractivity contribution in [2.75, 3.05) is 0 Å². The summed E-state index contributed by atoms with van der Waals surface area (Å²) in [7, 11) is 1.48. The lowest BCUT2D eigenvalue weighted by molar-refractivity contribution is -0.385. The molecule has 0 aliphatic heterocycles. The molecule has 0 bridgehead atoms. The molecule has 0 radical (unpaired) electrons. The molecule has 9 heteroatoms. The van der Waals surface area contributed by atoms with Crippen molar-refractivity contribution in [3.8, 4) is 0 Å². The van der Waals surface area contributed by atoms with Gasteiger partial charge >= 0.3 is 5.69 Å². The van der Waals surface area contributed by atoms with Gasteiger partial charge in [-0.3, -0.25) is 19.6 Å². The Hall–Kier alpha value is -3.23. The molecule has 1 atom stereocenters. The number of nitrogens with zero attached hydrogens (tertiary/aromatic N) is 4. The van der Waals surface area contributed by atoms with Gasteiger partial charge in [-0.05, 0) is 19.1 Å². The molecule has 23 heavy (non-hydrogen) atoms. The van der Waals surface area contributed by atoms with Crippen molar-refractivity contribution in [3.63, 3.8) is 0 Å². The van der Waals surface area contributed by atoms with Crippen molar-refractivity contribution >= 4 is 22.6 Å². The van der Waals surface area contributed by atoms with Crippen LogP contribution in [0.2, 0.25) is 0 Å². The first kappa shape index (κ1) is 14.7. The maximum absolute atomic E-state index is 12.3. The van der Waals surface area contributed by atoms with Crippen molar-refractivity contribution in [1.82, 2.24) is 25.1 Å². The zero-order chi connectivity index (χ0) is 16.6. The fourth-order valence-electron chi connectivity index (χ4n) is 2.33. The number of amides is 1. The standard InChI is InChI=1S/C14H14N6O3/c1-8(13-17-9-5-3-4-6-10(9)18-13)16-14(21)12-11(20(22)23)7-15-19(12)2/h3-8H,1-2H3,(H,16,21)(H,17,18)/t8-/m0/s1. The summed E-state index contributed by atoms with van der Waals surface area (Å²) in [6, 6.07) is 7.05. The second-order valence-corrected chi connectivity index (χ2v) is 5.09. The molecule has 3 rings (SSSR count). The van der Waals surface area contributed by atoms with E-state index in [4.69, 9.17) is 0 Å². The van der Waals surface area contributed by atoms with Gasteiger partial charge in [-0.2, -0.15) is 5.10 Å². The van der Waals surface area contributed by atoms with Crippen LogP contribution in [0.15, 0.2) is 30.5 Å². The number of aromatic amines is 1. The van der Waals surface area contributed by atoms with Crippen LogP contribution in [0.4, 0.5) is 5.69 Å². The van der Waals surface area contributed by atoms with E-state index < -0.39 is 16.9 Å². The Morgan fingerprint density at radius 2 is 2.17 bits per heavy atom. The van der Waals surface area contributed by atoms with Crippen LogP contribution in [-0.2, 0) is 7.05 Å². The highest BCUT2D eigenvalue weighted by atomic mass is 16.6. The first-order valence-corrected chi connectivity index (χ1v) is 6.89. The number of benzene rings is 1. The minimum Gasteiger partial charge on any atom is -0.341 e. The molecule has 0 saturated heterocycles. The quantitative estimate of drug-likeness (QED) is 0.561. The van der Waals surface area contributed by atoms with Crippen LogP contribution in [0, 0.1) is 10.1 Å². The highest BCUT2D eigenvalue weighted by Gasteiger charge is 2.27. The van der Waals surface area contributed by atoms with Gasteiger partial charge in [0.05, 0.1) is 22.0 Å². The van der Waals surface area contributed by atoms with Crippen molar-refractivity contribution in [2.45, 2.75) is 13.0 Å². The number of carbonyl (C=O) groups excluding carboxylic acids is 1. The van der Waals surface area contributed by atoms with Gasteiger partial charge in [-0.1, -0.05) is 12.1 Å². The second kappa shape index (κ2) is 5.52. The lowest BCUT2D eigenvalue weighted by Gasteiger charge is -2.11. The van der Waals surface area contributed by atoms with Crippen molar-refractivity contribution in [3.05, 3.63) is 52.1 Å². The molecule has 0 fully saturated rings. The van der Waals surface area contributed by atoms with Crippen LogP contribution in [0.5, 0.6) is 0 Å². The lowest BCUT2D eigenvalue weighted by atomic mass is 10.2. The summed E-state index contributed by atoms with van der Waals surface area (Å²) in [5.41, 5.74) is 1.21.